The van der Waals surface area contributed by atoms with Crippen LogP contribution in [0.2, 0.25) is 0 Å². The Hall–Kier alpha value is -1.97. The molecule has 3 heterocycles. The Bertz CT molecular complexity index is 917. The molecule has 0 radical (unpaired) electrons. The first-order valence-corrected chi connectivity index (χ1v) is 8.55. The van der Waals surface area contributed by atoms with Crippen LogP contribution in [0.4, 0.5) is 5.95 Å². The van der Waals surface area contributed by atoms with Crippen molar-refractivity contribution >= 4 is 17.1 Å². The molecular formula is C16H21N5O4. The molecule has 1 aliphatic heterocycles. The number of hydrogen-bond acceptors (Lipinski definition) is 7. The summed E-state index contributed by atoms with van der Waals surface area (Å²) in [6.07, 6.45) is 3.06. The van der Waals surface area contributed by atoms with E-state index in [0.717, 1.165) is 12.8 Å². The summed E-state index contributed by atoms with van der Waals surface area (Å²) in [6.45, 7) is 3.82. The molecule has 0 aromatic carbocycles. The SMILES string of the molecule is CC1(C)O[C@H]2[C@H](n3cnc4c(=O)[nH]c(N)nc43)[C@H]3CC[C@@]3(CO)[C@H]2O1. The molecule has 0 bridgehead atoms. The minimum absolute atomic E-state index is 0.0531. The fourth-order valence-corrected chi connectivity index (χ4v) is 5.06. The summed E-state index contributed by atoms with van der Waals surface area (Å²) >= 11 is 0. The number of hydrogen-bond donors (Lipinski definition) is 3. The standard InChI is InChI=1S/C16H21N5O4/c1-15(2)24-10-9(7-3-4-16(7,5-22)11(10)25-15)21-6-18-8-12(21)19-14(17)20-13(8)23/h6-7,9-11,22H,3-5H2,1-2H3,(H3,17,19,20,23)/t7-,9-,10+,11+,16+/m1/s1. The quantitative estimate of drug-likeness (QED) is 0.706. The first kappa shape index (κ1) is 15.3. The van der Waals surface area contributed by atoms with Crippen molar-refractivity contribution < 1.29 is 14.6 Å². The summed E-state index contributed by atoms with van der Waals surface area (Å²) in [5, 5.41) is 10.1. The molecule has 1 saturated heterocycles. The van der Waals surface area contributed by atoms with Gasteiger partial charge in [0.05, 0.1) is 25.1 Å². The van der Waals surface area contributed by atoms with Gasteiger partial charge in [-0.3, -0.25) is 9.78 Å². The fraction of sp³-hybridized carbons (Fsp3) is 0.688. The molecule has 4 N–H and O–H groups in total. The van der Waals surface area contributed by atoms with Crippen LogP contribution in [-0.4, -0.2) is 49.2 Å². The van der Waals surface area contributed by atoms with Crippen molar-refractivity contribution in [2.24, 2.45) is 11.3 Å². The zero-order valence-corrected chi connectivity index (χ0v) is 14.1. The summed E-state index contributed by atoms with van der Waals surface area (Å²) in [4.78, 5) is 23.1. The van der Waals surface area contributed by atoms with Gasteiger partial charge in [0, 0.05) is 5.41 Å². The van der Waals surface area contributed by atoms with Gasteiger partial charge in [-0.2, -0.15) is 4.98 Å². The molecule has 0 unspecified atom stereocenters. The van der Waals surface area contributed by atoms with Crippen LogP contribution in [0.25, 0.3) is 11.2 Å². The summed E-state index contributed by atoms with van der Waals surface area (Å²) in [6, 6.07) is -0.105. The summed E-state index contributed by atoms with van der Waals surface area (Å²) in [5.74, 6) is -0.473. The van der Waals surface area contributed by atoms with Gasteiger partial charge in [-0.1, -0.05) is 0 Å². The number of rotatable bonds is 2. The average molecular weight is 347 g/mol. The maximum absolute atomic E-state index is 12.1. The summed E-state index contributed by atoms with van der Waals surface area (Å²) in [7, 11) is 0. The van der Waals surface area contributed by atoms with Crippen molar-refractivity contribution in [1.29, 1.82) is 0 Å². The lowest BCUT2D eigenvalue weighted by atomic mass is 9.60. The molecule has 9 nitrogen and oxygen atoms in total. The van der Waals surface area contributed by atoms with Gasteiger partial charge in [-0.05, 0) is 32.6 Å². The Labute approximate surface area is 143 Å². The number of fused-ring (bicyclic) bond motifs is 4. The Morgan fingerprint density at radius 2 is 2.28 bits per heavy atom. The Morgan fingerprint density at radius 1 is 1.48 bits per heavy atom. The molecule has 134 valence electrons. The van der Waals surface area contributed by atoms with Gasteiger partial charge in [0.2, 0.25) is 5.95 Å². The van der Waals surface area contributed by atoms with Crippen LogP contribution >= 0.6 is 0 Å². The maximum Gasteiger partial charge on any atom is 0.280 e. The number of nitrogens with zero attached hydrogens (tertiary/aromatic N) is 3. The predicted molar refractivity (Wildman–Crippen MR) is 87.7 cm³/mol. The number of imidazole rings is 1. The maximum atomic E-state index is 12.1. The second-order valence-electron chi connectivity index (χ2n) is 7.82. The van der Waals surface area contributed by atoms with Crippen LogP contribution in [0.5, 0.6) is 0 Å². The van der Waals surface area contributed by atoms with Gasteiger partial charge in [-0.25, -0.2) is 4.98 Å². The number of H-pyrrole nitrogens is 1. The van der Waals surface area contributed by atoms with Crippen molar-refractivity contribution in [3.8, 4) is 0 Å². The monoisotopic (exact) mass is 347 g/mol. The molecule has 9 heteroatoms. The van der Waals surface area contributed by atoms with Crippen LogP contribution in [-0.2, 0) is 9.47 Å². The zero-order chi connectivity index (χ0) is 17.6. The van der Waals surface area contributed by atoms with Crippen molar-refractivity contribution in [3.63, 3.8) is 0 Å². The number of anilines is 1. The highest BCUT2D eigenvalue weighted by atomic mass is 16.8. The van der Waals surface area contributed by atoms with Gasteiger partial charge in [0.25, 0.3) is 5.56 Å². The van der Waals surface area contributed by atoms with Crippen LogP contribution in [0, 0.1) is 11.3 Å². The first-order chi connectivity index (χ1) is 11.9. The molecule has 2 aromatic rings. The summed E-state index contributed by atoms with van der Waals surface area (Å²) < 4.78 is 14.2. The third kappa shape index (κ3) is 1.80. The number of ether oxygens (including phenoxy) is 2. The lowest BCUT2D eigenvalue weighted by molar-refractivity contribution is -0.198. The number of nitrogens with two attached hydrogens (primary N) is 1. The molecule has 5 rings (SSSR count). The molecule has 25 heavy (non-hydrogen) atoms. The van der Waals surface area contributed by atoms with E-state index in [1.165, 1.54) is 0 Å². The smallest absolute Gasteiger partial charge is 0.280 e. The molecule has 0 spiro atoms. The third-order valence-electron chi connectivity index (χ3n) is 6.17. The minimum Gasteiger partial charge on any atom is -0.396 e. The molecule has 3 fully saturated rings. The van der Waals surface area contributed by atoms with Crippen LogP contribution in [0.1, 0.15) is 32.7 Å². The molecular weight excluding hydrogens is 326 g/mol. The van der Waals surface area contributed by atoms with E-state index in [9.17, 15) is 9.90 Å². The normalized spacial score (nSPS) is 38.5. The first-order valence-electron chi connectivity index (χ1n) is 8.55. The number of nitrogens with one attached hydrogen (secondary N) is 1. The Kier molecular flexibility index (Phi) is 2.81. The molecule has 2 saturated carbocycles. The Morgan fingerprint density at radius 3 is 2.96 bits per heavy atom. The second-order valence-corrected chi connectivity index (χ2v) is 7.82. The fourth-order valence-electron chi connectivity index (χ4n) is 5.06. The topological polar surface area (TPSA) is 128 Å². The highest BCUT2D eigenvalue weighted by Gasteiger charge is 2.70. The van der Waals surface area contributed by atoms with Crippen molar-refractivity contribution in [3.05, 3.63) is 16.7 Å². The second kappa shape index (κ2) is 4.60. The lowest BCUT2D eigenvalue weighted by Crippen LogP contribution is -2.49. The van der Waals surface area contributed by atoms with E-state index in [-0.39, 0.29) is 53.2 Å². The predicted octanol–water partition coefficient (Wildman–Crippen LogP) is 0.165. The van der Waals surface area contributed by atoms with E-state index < -0.39 is 5.79 Å². The largest absolute Gasteiger partial charge is 0.396 e. The highest BCUT2D eigenvalue weighted by molar-refractivity contribution is 5.70. The molecule has 2 aromatic heterocycles. The van der Waals surface area contributed by atoms with E-state index in [4.69, 9.17) is 15.2 Å². The van der Waals surface area contributed by atoms with E-state index in [1.807, 2.05) is 18.4 Å². The van der Waals surface area contributed by atoms with Gasteiger partial charge in [-0.15, -0.1) is 0 Å². The van der Waals surface area contributed by atoms with Crippen LogP contribution < -0.4 is 11.3 Å². The van der Waals surface area contributed by atoms with Crippen LogP contribution in [0.3, 0.4) is 0 Å². The van der Waals surface area contributed by atoms with Crippen molar-refractivity contribution in [1.82, 2.24) is 19.5 Å². The van der Waals surface area contributed by atoms with E-state index in [1.54, 1.807) is 6.33 Å². The number of aromatic amines is 1. The third-order valence-corrected chi connectivity index (χ3v) is 6.17. The number of aliphatic hydroxyl groups is 1. The molecule has 5 atom stereocenters. The van der Waals surface area contributed by atoms with Gasteiger partial charge in [0.15, 0.2) is 17.0 Å². The van der Waals surface area contributed by atoms with Gasteiger partial charge >= 0.3 is 0 Å². The van der Waals surface area contributed by atoms with Crippen molar-refractivity contribution in [2.45, 2.75) is 50.7 Å². The van der Waals surface area contributed by atoms with E-state index in [2.05, 4.69) is 15.0 Å². The van der Waals surface area contributed by atoms with Gasteiger partial charge in [0.1, 0.15) is 6.10 Å². The minimum atomic E-state index is -0.712. The zero-order valence-electron chi connectivity index (χ0n) is 14.1. The Balaban J connectivity index is 1.68. The van der Waals surface area contributed by atoms with Crippen LogP contribution in [0.15, 0.2) is 11.1 Å². The lowest BCUT2D eigenvalue weighted by Gasteiger charge is -2.48. The molecule has 3 aliphatic rings. The number of nitrogen functional groups attached to an aromatic ring is 1. The highest BCUT2D eigenvalue weighted by Crippen LogP contribution is 2.66. The number of aromatic nitrogens is 4. The average Bonchev–Trinajstić information content (AvgIpc) is 3.09. The molecule has 0 amide bonds. The summed E-state index contributed by atoms with van der Waals surface area (Å²) in [5.41, 5.74) is 5.75. The van der Waals surface area contributed by atoms with Gasteiger partial charge < -0.3 is 24.9 Å². The van der Waals surface area contributed by atoms with Crippen molar-refractivity contribution in [2.75, 3.05) is 12.3 Å². The van der Waals surface area contributed by atoms with E-state index in [0.29, 0.717) is 5.65 Å². The molecule has 2 aliphatic carbocycles. The van der Waals surface area contributed by atoms with E-state index >= 15 is 0 Å². The number of aliphatic hydroxyl groups excluding tert-OH is 1.